The lowest BCUT2D eigenvalue weighted by Crippen LogP contribution is -2.64. The van der Waals surface area contributed by atoms with Crippen molar-refractivity contribution < 1.29 is 9.53 Å². The van der Waals surface area contributed by atoms with E-state index in [0.717, 1.165) is 12.0 Å². The minimum Gasteiger partial charge on any atom is -0.376 e. The molecule has 1 heterocycles. The highest BCUT2D eigenvalue weighted by Crippen LogP contribution is 2.22. The van der Waals surface area contributed by atoms with E-state index >= 15 is 0 Å². The van der Waals surface area contributed by atoms with Crippen molar-refractivity contribution in [1.82, 2.24) is 10.3 Å². The minimum absolute atomic E-state index is 0.0248. The molecule has 0 saturated heterocycles. The molecule has 3 N–H and O–H groups in total. The summed E-state index contributed by atoms with van der Waals surface area (Å²) in [5.41, 5.74) is 7.41. The van der Waals surface area contributed by atoms with Crippen LogP contribution in [-0.4, -0.2) is 35.7 Å². The second kappa shape index (κ2) is 5.46. The van der Waals surface area contributed by atoms with Gasteiger partial charge in [0.15, 0.2) is 0 Å². The third kappa shape index (κ3) is 2.68. The van der Waals surface area contributed by atoms with E-state index in [-0.39, 0.29) is 24.1 Å². The monoisotopic (exact) mass is 249 g/mol. The predicted octanol–water partition coefficient (Wildman–Crippen LogP) is 0.625. The van der Waals surface area contributed by atoms with Gasteiger partial charge in [-0.2, -0.15) is 0 Å². The van der Waals surface area contributed by atoms with Gasteiger partial charge in [0.25, 0.3) is 5.91 Å². The van der Waals surface area contributed by atoms with E-state index in [1.165, 1.54) is 0 Å². The average Bonchev–Trinajstić information content (AvgIpc) is 2.35. The second-order valence-corrected chi connectivity index (χ2v) is 4.64. The first-order valence-corrected chi connectivity index (χ1v) is 6.21. The molecule has 1 aromatic heterocycles. The summed E-state index contributed by atoms with van der Waals surface area (Å²) in [5, 5.41) is 2.92. The Bertz CT molecular complexity index is 434. The molecule has 3 atom stereocenters. The van der Waals surface area contributed by atoms with Gasteiger partial charge in [-0.25, -0.2) is 0 Å². The van der Waals surface area contributed by atoms with Crippen molar-refractivity contribution in [1.29, 1.82) is 0 Å². The van der Waals surface area contributed by atoms with Gasteiger partial charge in [0.2, 0.25) is 0 Å². The maximum absolute atomic E-state index is 12.0. The lowest BCUT2D eigenvalue weighted by molar-refractivity contribution is -0.0300. The summed E-state index contributed by atoms with van der Waals surface area (Å²) in [5.74, 6) is -0.143. The largest absolute Gasteiger partial charge is 0.376 e. The normalized spacial score (nSPS) is 26.5. The molecule has 3 unspecified atom stereocenters. The van der Waals surface area contributed by atoms with Crippen LogP contribution < -0.4 is 11.1 Å². The smallest absolute Gasteiger partial charge is 0.253 e. The number of aromatic nitrogens is 1. The number of aryl methyl sites for hydroxylation is 1. The SMILES string of the molecule is CCOC1CC(N)C1NC(=O)c1cncc(C)c1. The number of carbonyl (C=O) groups excluding carboxylic acids is 1. The molecule has 5 nitrogen and oxygen atoms in total. The van der Waals surface area contributed by atoms with Crippen LogP contribution in [0.4, 0.5) is 0 Å². The molecule has 1 aromatic rings. The van der Waals surface area contributed by atoms with Crippen LogP contribution in [0.1, 0.15) is 29.3 Å². The Labute approximate surface area is 107 Å². The Morgan fingerprint density at radius 1 is 1.61 bits per heavy atom. The van der Waals surface area contributed by atoms with Gasteiger partial charge in [0.1, 0.15) is 0 Å². The van der Waals surface area contributed by atoms with Gasteiger partial charge in [-0.3, -0.25) is 9.78 Å². The average molecular weight is 249 g/mol. The molecule has 1 fully saturated rings. The zero-order valence-electron chi connectivity index (χ0n) is 10.7. The van der Waals surface area contributed by atoms with Gasteiger partial charge in [-0.15, -0.1) is 0 Å². The molecule has 98 valence electrons. The van der Waals surface area contributed by atoms with Crippen LogP contribution >= 0.6 is 0 Å². The lowest BCUT2D eigenvalue weighted by atomic mass is 9.83. The Balaban J connectivity index is 1.98. The summed E-state index contributed by atoms with van der Waals surface area (Å²) in [6.45, 7) is 4.48. The molecule has 18 heavy (non-hydrogen) atoms. The Kier molecular flexibility index (Phi) is 3.93. The van der Waals surface area contributed by atoms with Crippen LogP contribution in [0, 0.1) is 6.92 Å². The van der Waals surface area contributed by atoms with E-state index in [0.29, 0.717) is 12.2 Å². The lowest BCUT2D eigenvalue weighted by Gasteiger charge is -2.42. The fraction of sp³-hybridized carbons (Fsp3) is 0.538. The topological polar surface area (TPSA) is 77.2 Å². The highest BCUT2D eigenvalue weighted by atomic mass is 16.5. The van der Waals surface area contributed by atoms with Crippen molar-refractivity contribution in [2.45, 2.75) is 38.5 Å². The third-order valence-electron chi connectivity index (χ3n) is 3.18. The standard InChI is InChI=1S/C13H19N3O2/c1-3-18-11-5-10(14)12(11)16-13(17)9-4-8(2)6-15-7-9/h4,6-7,10-12H,3,5,14H2,1-2H3,(H,16,17). The first-order valence-electron chi connectivity index (χ1n) is 6.21. The number of hydrogen-bond acceptors (Lipinski definition) is 4. The molecule has 2 rings (SSSR count). The number of nitrogens with two attached hydrogens (primary N) is 1. The van der Waals surface area contributed by atoms with Crippen LogP contribution in [0.15, 0.2) is 18.5 Å². The number of nitrogens with one attached hydrogen (secondary N) is 1. The number of amides is 1. The van der Waals surface area contributed by atoms with Gasteiger partial charge in [-0.1, -0.05) is 0 Å². The number of nitrogens with zero attached hydrogens (tertiary/aromatic N) is 1. The molecule has 1 aliphatic rings. The molecular weight excluding hydrogens is 230 g/mol. The summed E-state index contributed by atoms with van der Waals surface area (Å²) in [4.78, 5) is 16.0. The van der Waals surface area contributed by atoms with Gasteiger partial charge in [0, 0.05) is 25.0 Å². The molecule has 0 aromatic carbocycles. The maximum atomic E-state index is 12.0. The van der Waals surface area contributed by atoms with Crippen LogP contribution in [0.5, 0.6) is 0 Å². The van der Waals surface area contributed by atoms with E-state index in [2.05, 4.69) is 10.3 Å². The Morgan fingerprint density at radius 3 is 3.00 bits per heavy atom. The number of pyridine rings is 1. The summed E-state index contributed by atoms with van der Waals surface area (Å²) >= 11 is 0. The molecule has 0 spiro atoms. The molecule has 0 bridgehead atoms. The first-order chi connectivity index (χ1) is 8.61. The fourth-order valence-electron chi connectivity index (χ4n) is 2.14. The molecule has 0 radical (unpaired) electrons. The zero-order valence-corrected chi connectivity index (χ0v) is 10.7. The van der Waals surface area contributed by atoms with Gasteiger partial charge in [0.05, 0.1) is 17.7 Å². The molecular formula is C13H19N3O2. The summed E-state index contributed by atoms with van der Waals surface area (Å²) < 4.78 is 5.51. The summed E-state index contributed by atoms with van der Waals surface area (Å²) in [6, 6.07) is 1.68. The molecule has 1 saturated carbocycles. The number of hydrogen-bond donors (Lipinski definition) is 2. The molecule has 0 aliphatic heterocycles. The molecule has 5 heteroatoms. The summed E-state index contributed by atoms with van der Waals surface area (Å²) in [7, 11) is 0. The fourth-order valence-corrected chi connectivity index (χ4v) is 2.14. The summed E-state index contributed by atoms with van der Waals surface area (Å²) in [6.07, 6.45) is 4.11. The predicted molar refractivity (Wildman–Crippen MR) is 68.2 cm³/mol. The number of rotatable bonds is 4. The zero-order chi connectivity index (χ0) is 13.1. The maximum Gasteiger partial charge on any atom is 0.253 e. The highest BCUT2D eigenvalue weighted by Gasteiger charge is 2.40. The van der Waals surface area contributed by atoms with Gasteiger partial charge < -0.3 is 15.8 Å². The molecule has 1 aliphatic carbocycles. The second-order valence-electron chi connectivity index (χ2n) is 4.64. The van der Waals surface area contributed by atoms with Crippen molar-refractivity contribution in [3.63, 3.8) is 0 Å². The van der Waals surface area contributed by atoms with E-state index in [1.807, 2.05) is 19.9 Å². The quantitative estimate of drug-likeness (QED) is 0.820. The number of carbonyl (C=O) groups is 1. The Morgan fingerprint density at radius 2 is 2.39 bits per heavy atom. The van der Waals surface area contributed by atoms with Crippen molar-refractivity contribution in [2.24, 2.45) is 5.73 Å². The van der Waals surface area contributed by atoms with Crippen molar-refractivity contribution >= 4 is 5.91 Å². The van der Waals surface area contributed by atoms with Crippen LogP contribution in [0.3, 0.4) is 0 Å². The van der Waals surface area contributed by atoms with Crippen LogP contribution in [0.25, 0.3) is 0 Å². The van der Waals surface area contributed by atoms with Crippen molar-refractivity contribution in [3.8, 4) is 0 Å². The Hall–Kier alpha value is -1.46. The van der Waals surface area contributed by atoms with Crippen molar-refractivity contribution in [2.75, 3.05) is 6.61 Å². The van der Waals surface area contributed by atoms with E-state index in [9.17, 15) is 4.79 Å². The first kappa shape index (κ1) is 13.0. The third-order valence-corrected chi connectivity index (χ3v) is 3.18. The highest BCUT2D eigenvalue weighted by molar-refractivity contribution is 5.94. The van der Waals surface area contributed by atoms with E-state index in [4.69, 9.17) is 10.5 Å². The number of ether oxygens (including phenoxy) is 1. The van der Waals surface area contributed by atoms with Gasteiger partial charge >= 0.3 is 0 Å². The van der Waals surface area contributed by atoms with Gasteiger partial charge in [-0.05, 0) is 31.9 Å². The van der Waals surface area contributed by atoms with Crippen LogP contribution in [0.2, 0.25) is 0 Å². The van der Waals surface area contributed by atoms with E-state index < -0.39 is 0 Å². The van der Waals surface area contributed by atoms with Crippen LogP contribution in [-0.2, 0) is 4.74 Å². The van der Waals surface area contributed by atoms with E-state index in [1.54, 1.807) is 12.4 Å². The minimum atomic E-state index is -0.143. The molecule has 1 amide bonds. The van der Waals surface area contributed by atoms with Crippen molar-refractivity contribution in [3.05, 3.63) is 29.6 Å².